The normalized spacial score (nSPS) is 11.8. The Kier molecular flexibility index (Phi) is 12.5. The predicted molar refractivity (Wildman–Crippen MR) is 126 cm³/mol. The summed E-state index contributed by atoms with van der Waals surface area (Å²) in [4.78, 5) is 0. The van der Waals surface area contributed by atoms with Crippen molar-refractivity contribution in [1.29, 1.82) is 0 Å². The van der Waals surface area contributed by atoms with Crippen LogP contribution in [0.3, 0.4) is 0 Å². The van der Waals surface area contributed by atoms with Crippen LogP contribution in [-0.4, -0.2) is 26.3 Å². The number of hydrogen-bond acceptors (Lipinski definition) is 3. The number of ether oxygens (including phenoxy) is 2. The number of benzene rings is 2. The largest absolute Gasteiger partial charge is 0.493 e. The van der Waals surface area contributed by atoms with Crippen molar-refractivity contribution in [2.45, 2.75) is 58.9 Å². The lowest BCUT2D eigenvalue weighted by Gasteiger charge is -2.20. The highest BCUT2D eigenvalue weighted by atomic mass is 35.5. The molecule has 2 rings (SSSR count). The molecule has 0 saturated carbocycles. The predicted octanol–water partition coefficient (Wildman–Crippen LogP) is 6.09. The van der Waals surface area contributed by atoms with Crippen molar-refractivity contribution in [2.24, 2.45) is 5.92 Å². The monoisotopic (exact) mass is 419 g/mol. The molecule has 0 saturated heterocycles. The van der Waals surface area contributed by atoms with Gasteiger partial charge in [0.05, 0.1) is 13.7 Å². The van der Waals surface area contributed by atoms with E-state index >= 15 is 0 Å². The van der Waals surface area contributed by atoms with E-state index in [4.69, 9.17) is 9.47 Å². The van der Waals surface area contributed by atoms with E-state index in [1.807, 2.05) is 12.1 Å². The minimum absolute atomic E-state index is 0. The topological polar surface area (TPSA) is 30.5 Å². The molecule has 2 aromatic carbocycles. The van der Waals surface area contributed by atoms with Crippen LogP contribution in [-0.2, 0) is 12.8 Å². The Morgan fingerprint density at radius 2 is 1.69 bits per heavy atom. The highest BCUT2D eigenvalue weighted by Crippen LogP contribution is 2.29. The van der Waals surface area contributed by atoms with Crippen molar-refractivity contribution < 1.29 is 9.47 Å². The first-order chi connectivity index (χ1) is 13.6. The summed E-state index contributed by atoms with van der Waals surface area (Å²) in [6.45, 7) is 8.53. The molecule has 0 fully saturated rings. The molecule has 4 heteroatoms. The van der Waals surface area contributed by atoms with Crippen LogP contribution in [0, 0.1) is 5.92 Å². The van der Waals surface area contributed by atoms with E-state index in [1.54, 1.807) is 7.11 Å². The Morgan fingerprint density at radius 3 is 2.34 bits per heavy atom. The molecule has 0 heterocycles. The lowest BCUT2D eigenvalue weighted by Crippen LogP contribution is -2.32. The fourth-order valence-electron chi connectivity index (χ4n) is 3.33. The first-order valence-corrected chi connectivity index (χ1v) is 10.7. The zero-order valence-corrected chi connectivity index (χ0v) is 19.3. The smallest absolute Gasteiger partial charge is 0.161 e. The van der Waals surface area contributed by atoms with E-state index in [1.165, 1.54) is 24.0 Å². The van der Waals surface area contributed by atoms with E-state index in [0.717, 1.165) is 43.2 Å². The van der Waals surface area contributed by atoms with Crippen molar-refractivity contribution in [3.8, 4) is 11.5 Å². The Labute approximate surface area is 183 Å². The number of rotatable bonds is 13. The summed E-state index contributed by atoms with van der Waals surface area (Å²) in [6.07, 6.45) is 5.52. The summed E-state index contributed by atoms with van der Waals surface area (Å²) >= 11 is 0. The molecule has 0 spiro atoms. The molecule has 0 aliphatic carbocycles. The maximum absolute atomic E-state index is 6.09. The van der Waals surface area contributed by atoms with E-state index < -0.39 is 0 Å². The van der Waals surface area contributed by atoms with Crippen LogP contribution in [0.1, 0.15) is 51.2 Å². The number of methoxy groups -OCH3 is 1. The quantitative estimate of drug-likeness (QED) is 0.426. The third-order valence-corrected chi connectivity index (χ3v) is 4.98. The van der Waals surface area contributed by atoms with Crippen molar-refractivity contribution >= 4 is 12.4 Å². The van der Waals surface area contributed by atoms with E-state index in [2.05, 4.69) is 62.5 Å². The lowest BCUT2D eigenvalue weighted by molar-refractivity contribution is 0.297. The fourth-order valence-corrected chi connectivity index (χ4v) is 3.33. The SMILES string of the molecule is CCCNC(CCC(C)C)Cc1ccc(OC)c(OCCc2ccccc2)c1.Cl. The van der Waals surface area contributed by atoms with Crippen LogP contribution < -0.4 is 14.8 Å². The first kappa shape index (κ1) is 25.3. The van der Waals surface area contributed by atoms with Gasteiger partial charge in [-0.2, -0.15) is 0 Å². The van der Waals surface area contributed by atoms with E-state index in [0.29, 0.717) is 12.6 Å². The number of hydrogen-bond donors (Lipinski definition) is 1. The highest BCUT2D eigenvalue weighted by Gasteiger charge is 2.13. The van der Waals surface area contributed by atoms with Crippen molar-refractivity contribution in [2.75, 3.05) is 20.3 Å². The molecular weight excluding hydrogens is 382 g/mol. The molecule has 0 radical (unpaired) electrons. The van der Waals surface area contributed by atoms with Gasteiger partial charge in [0.25, 0.3) is 0 Å². The molecule has 162 valence electrons. The van der Waals surface area contributed by atoms with Gasteiger partial charge in [-0.1, -0.05) is 57.2 Å². The summed E-state index contributed by atoms with van der Waals surface area (Å²) in [5.74, 6) is 2.38. The molecule has 2 aromatic rings. The summed E-state index contributed by atoms with van der Waals surface area (Å²) in [5, 5.41) is 3.71. The minimum atomic E-state index is 0. The van der Waals surface area contributed by atoms with Crippen LogP contribution in [0.25, 0.3) is 0 Å². The molecule has 0 aliphatic rings. The summed E-state index contributed by atoms with van der Waals surface area (Å²) in [6, 6.07) is 17.3. The van der Waals surface area contributed by atoms with Gasteiger partial charge in [0.2, 0.25) is 0 Å². The Morgan fingerprint density at radius 1 is 0.931 bits per heavy atom. The van der Waals surface area contributed by atoms with E-state index in [-0.39, 0.29) is 12.4 Å². The van der Waals surface area contributed by atoms with Gasteiger partial charge in [-0.15, -0.1) is 12.4 Å². The molecule has 1 atom stereocenters. The molecule has 0 bridgehead atoms. The van der Waals surface area contributed by atoms with Gasteiger partial charge in [-0.3, -0.25) is 0 Å². The Hall–Kier alpha value is -1.71. The molecule has 1 N–H and O–H groups in total. The van der Waals surface area contributed by atoms with Gasteiger partial charge in [-0.05, 0) is 61.4 Å². The van der Waals surface area contributed by atoms with Crippen molar-refractivity contribution in [3.05, 3.63) is 59.7 Å². The van der Waals surface area contributed by atoms with Gasteiger partial charge >= 0.3 is 0 Å². The minimum Gasteiger partial charge on any atom is -0.493 e. The maximum atomic E-state index is 6.09. The van der Waals surface area contributed by atoms with Crippen molar-refractivity contribution in [3.63, 3.8) is 0 Å². The Bertz CT molecular complexity index is 676. The average Bonchev–Trinajstić information content (AvgIpc) is 2.71. The van der Waals surface area contributed by atoms with Gasteiger partial charge in [0.15, 0.2) is 11.5 Å². The second kappa shape index (κ2) is 14.3. The highest BCUT2D eigenvalue weighted by molar-refractivity contribution is 5.85. The molecule has 0 aromatic heterocycles. The van der Waals surface area contributed by atoms with Gasteiger partial charge in [0.1, 0.15) is 0 Å². The van der Waals surface area contributed by atoms with Crippen LogP contribution in [0.5, 0.6) is 11.5 Å². The molecule has 1 unspecified atom stereocenters. The standard InChI is InChI=1S/C25H37NO2.ClH/c1-5-16-26-23(13-11-20(2)3)18-22-12-14-24(27-4)25(19-22)28-17-15-21-9-7-6-8-10-21;/h6-10,12,14,19-20,23,26H,5,11,13,15-18H2,1-4H3;1H. The number of nitrogens with one attached hydrogen (secondary N) is 1. The second-order valence-corrected chi connectivity index (χ2v) is 7.90. The van der Waals surface area contributed by atoms with Crippen LogP contribution in [0.4, 0.5) is 0 Å². The van der Waals surface area contributed by atoms with Gasteiger partial charge in [-0.25, -0.2) is 0 Å². The van der Waals surface area contributed by atoms with Gasteiger partial charge < -0.3 is 14.8 Å². The number of halogens is 1. The van der Waals surface area contributed by atoms with E-state index in [9.17, 15) is 0 Å². The molecule has 3 nitrogen and oxygen atoms in total. The summed E-state index contributed by atoms with van der Waals surface area (Å²) in [7, 11) is 1.70. The van der Waals surface area contributed by atoms with Crippen LogP contribution in [0.2, 0.25) is 0 Å². The first-order valence-electron chi connectivity index (χ1n) is 10.7. The Balaban J connectivity index is 0.00000420. The molecule has 0 aliphatic heterocycles. The maximum Gasteiger partial charge on any atom is 0.161 e. The zero-order chi connectivity index (χ0) is 20.2. The third kappa shape index (κ3) is 9.56. The average molecular weight is 420 g/mol. The third-order valence-electron chi connectivity index (χ3n) is 4.98. The zero-order valence-electron chi connectivity index (χ0n) is 18.4. The molecule has 0 amide bonds. The summed E-state index contributed by atoms with van der Waals surface area (Å²) < 4.78 is 11.6. The van der Waals surface area contributed by atoms with Crippen LogP contribution >= 0.6 is 12.4 Å². The van der Waals surface area contributed by atoms with Crippen molar-refractivity contribution in [1.82, 2.24) is 5.32 Å². The van der Waals surface area contributed by atoms with Crippen LogP contribution in [0.15, 0.2) is 48.5 Å². The molecule has 29 heavy (non-hydrogen) atoms. The fraction of sp³-hybridized carbons (Fsp3) is 0.520. The van der Waals surface area contributed by atoms with Gasteiger partial charge in [0, 0.05) is 12.5 Å². The second-order valence-electron chi connectivity index (χ2n) is 7.90. The summed E-state index contributed by atoms with van der Waals surface area (Å²) in [5.41, 5.74) is 2.59. The molecular formula is C25H38ClNO2. The lowest BCUT2D eigenvalue weighted by atomic mass is 9.97.